The van der Waals surface area contributed by atoms with Crippen LogP contribution in [0.4, 0.5) is 0 Å². The summed E-state index contributed by atoms with van der Waals surface area (Å²) in [6.07, 6.45) is 1.56. The maximum atomic E-state index is 12.4. The molecule has 1 atom stereocenters. The molecule has 118 valence electrons. The lowest BCUT2D eigenvalue weighted by molar-refractivity contribution is 0.0993. The molecule has 0 aliphatic rings. The number of furan rings is 1. The van der Waals surface area contributed by atoms with Gasteiger partial charge in [0, 0.05) is 10.6 Å². The maximum absolute atomic E-state index is 12.4. The predicted molar refractivity (Wildman–Crippen MR) is 87.8 cm³/mol. The average Bonchev–Trinajstić information content (AvgIpc) is 3.16. The Morgan fingerprint density at radius 1 is 1.22 bits per heavy atom. The van der Waals surface area contributed by atoms with Crippen molar-refractivity contribution in [2.24, 2.45) is 0 Å². The second kappa shape index (κ2) is 6.60. The standard InChI is InChI=1S/C16H13ClN2O3S/c1-9-13(7-8-21-9)15-18-19-16(22-15)23-10(2)14(20)11-3-5-12(17)6-4-11/h3-8,10H,1-2H3. The normalized spacial score (nSPS) is 12.3. The average molecular weight is 349 g/mol. The highest BCUT2D eigenvalue weighted by Gasteiger charge is 2.20. The lowest BCUT2D eigenvalue weighted by Gasteiger charge is -2.07. The first-order valence-corrected chi connectivity index (χ1v) is 8.15. The molecule has 0 radical (unpaired) electrons. The number of aryl methyl sites for hydroxylation is 1. The van der Waals surface area contributed by atoms with Gasteiger partial charge in [-0.05, 0) is 44.2 Å². The van der Waals surface area contributed by atoms with Crippen molar-refractivity contribution in [3.63, 3.8) is 0 Å². The van der Waals surface area contributed by atoms with Crippen molar-refractivity contribution in [1.82, 2.24) is 10.2 Å². The molecule has 23 heavy (non-hydrogen) atoms. The summed E-state index contributed by atoms with van der Waals surface area (Å²) in [6.45, 7) is 3.62. The minimum atomic E-state index is -0.352. The molecule has 0 aliphatic carbocycles. The lowest BCUT2D eigenvalue weighted by atomic mass is 10.1. The molecule has 0 fully saturated rings. The van der Waals surface area contributed by atoms with Gasteiger partial charge in [0.05, 0.1) is 17.1 Å². The van der Waals surface area contributed by atoms with Gasteiger partial charge in [-0.1, -0.05) is 23.4 Å². The quantitative estimate of drug-likeness (QED) is 0.493. The number of Topliss-reactive ketones (excluding diaryl/α,β-unsaturated/α-hetero) is 1. The largest absolute Gasteiger partial charge is 0.469 e. The molecule has 0 aliphatic heterocycles. The summed E-state index contributed by atoms with van der Waals surface area (Å²) in [5.74, 6) is 1.06. The Labute approximate surface area is 142 Å². The third-order valence-corrected chi connectivity index (χ3v) is 4.46. The molecule has 0 amide bonds. The molecular formula is C16H13ClN2O3S. The van der Waals surface area contributed by atoms with E-state index in [1.165, 1.54) is 11.8 Å². The Hall–Kier alpha value is -2.05. The van der Waals surface area contributed by atoms with E-state index in [1.807, 2.05) is 6.92 Å². The van der Waals surface area contributed by atoms with Crippen LogP contribution in [0.3, 0.4) is 0 Å². The van der Waals surface area contributed by atoms with E-state index in [4.69, 9.17) is 20.4 Å². The van der Waals surface area contributed by atoms with Gasteiger partial charge in [0.1, 0.15) is 5.76 Å². The number of carbonyl (C=O) groups is 1. The van der Waals surface area contributed by atoms with Gasteiger partial charge >= 0.3 is 0 Å². The number of ketones is 1. The van der Waals surface area contributed by atoms with Crippen LogP contribution < -0.4 is 0 Å². The number of hydrogen-bond donors (Lipinski definition) is 0. The Morgan fingerprint density at radius 2 is 1.96 bits per heavy atom. The Bertz CT molecular complexity index is 826. The fourth-order valence-corrected chi connectivity index (χ4v) is 2.91. The van der Waals surface area contributed by atoms with Gasteiger partial charge in [0.15, 0.2) is 5.78 Å². The Morgan fingerprint density at radius 3 is 2.61 bits per heavy atom. The minimum absolute atomic E-state index is 0.0223. The highest BCUT2D eigenvalue weighted by molar-refractivity contribution is 8.00. The molecule has 1 unspecified atom stereocenters. The van der Waals surface area contributed by atoms with E-state index in [1.54, 1.807) is 43.5 Å². The highest BCUT2D eigenvalue weighted by atomic mass is 35.5. The van der Waals surface area contributed by atoms with E-state index < -0.39 is 0 Å². The van der Waals surface area contributed by atoms with E-state index >= 15 is 0 Å². The van der Waals surface area contributed by atoms with Crippen LogP contribution in [0.5, 0.6) is 0 Å². The maximum Gasteiger partial charge on any atom is 0.277 e. The molecule has 7 heteroatoms. The second-order valence-corrected chi connectivity index (χ2v) is 6.62. The summed E-state index contributed by atoms with van der Waals surface area (Å²) < 4.78 is 10.8. The molecule has 3 rings (SSSR count). The zero-order valence-electron chi connectivity index (χ0n) is 12.4. The number of rotatable bonds is 5. The third kappa shape index (κ3) is 3.48. The molecule has 0 spiro atoms. The van der Waals surface area contributed by atoms with Crippen molar-refractivity contribution in [3.05, 3.63) is 52.9 Å². The first kappa shape index (κ1) is 15.8. The molecule has 0 N–H and O–H groups in total. The second-order valence-electron chi connectivity index (χ2n) is 4.89. The molecule has 0 saturated heterocycles. The predicted octanol–water partition coefficient (Wildman–Crippen LogP) is 4.65. The van der Waals surface area contributed by atoms with Gasteiger partial charge in [0.25, 0.3) is 11.1 Å². The molecule has 0 saturated carbocycles. The topological polar surface area (TPSA) is 69.1 Å². The monoisotopic (exact) mass is 348 g/mol. The minimum Gasteiger partial charge on any atom is -0.469 e. The summed E-state index contributed by atoms with van der Waals surface area (Å²) in [7, 11) is 0. The number of hydrogen-bond acceptors (Lipinski definition) is 6. The van der Waals surface area contributed by atoms with E-state index in [0.717, 1.165) is 5.56 Å². The fourth-order valence-electron chi connectivity index (χ4n) is 2.03. The number of nitrogens with zero attached hydrogens (tertiary/aromatic N) is 2. The van der Waals surface area contributed by atoms with Crippen LogP contribution in [0.1, 0.15) is 23.0 Å². The van der Waals surface area contributed by atoms with E-state index in [2.05, 4.69) is 10.2 Å². The van der Waals surface area contributed by atoms with Gasteiger partial charge in [-0.2, -0.15) is 0 Å². The zero-order chi connectivity index (χ0) is 16.4. The summed E-state index contributed by atoms with van der Waals surface area (Å²) in [5, 5.41) is 8.55. The molecule has 0 bridgehead atoms. The van der Waals surface area contributed by atoms with Crippen LogP contribution in [0.25, 0.3) is 11.5 Å². The zero-order valence-corrected chi connectivity index (χ0v) is 14.0. The lowest BCUT2D eigenvalue weighted by Crippen LogP contribution is -2.13. The molecule has 2 heterocycles. The van der Waals surface area contributed by atoms with Gasteiger partial charge < -0.3 is 8.83 Å². The smallest absolute Gasteiger partial charge is 0.277 e. The summed E-state index contributed by atoms with van der Waals surface area (Å²) in [6, 6.07) is 8.56. The Balaban J connectivity index is 1.72. The summed E-state index contributed by atoms with van der Waals surface area (Å²) in [4.78, 5) is 12.4. The van der Waals surface area contributed by atoms with Gasteiger partial charge in [-0.15, -0.1) is 10.2 Å². The first-order chi connectivity index (χ1) is 11.0. The van der Waals surface area contributed by atoms with Gasteiger partial charge in [0.2, 0.25) is 0 Å². The fraction of sp³-hybridized carbons (Fsp3) is 0.188. The number of aromatic nitrogens is 2. The van der Waals surface area contributed by atoms with E-state index in [0.29, 0.717) is 27.5 Å². The van der Waals surface area contributed by atoms with Crippen LogP contribution in [-0.2, 0) is 0 Å². The van der Waals surface area contributed by atoms with Gasteiger partial charge in [-0.25, -0.2) is 0 Å². The highest BCUT2D eigenvalue weighted by Crippen LogP contribution is 2.29. The molecule has 1 aromatic carbocycles. The van der Waals surface area contributed by atoms with Crippen molar-refractivity contribution in [2.45, 2.75) is 24.3 Å². The first-order valence-electron chi connectivity index (χ1n) is 6.89. The van der Waals surface area contributed by atoms with Gasteiger partial charge in [-0.3, -0.25) is 4.79 Å². The van der Waals surface area contributed by atoms with Crippen molar-refractivity contribution >= 4 is 29.1 Å². The number of benzene rings is 1. The SMILES string of the molecule is Cc1occc1-c1nnc(SC(C)C(=O)c2ccc(Cl)cc2)o1. The summed E-state index contributed by atoms with van der Waals surface area (Å²) in [5.41, 5.74) is 1.35. The van der Waals surface area contributed by atoms with Crippen LogP contribution in [-0.4, -0.2) is 21.2 Å². The van der Waals surface area contributed by atoms with Crippen molar-refractivity contribution in [3.8, 4) is 11.5 Å². The van der Waals surface area contributed by atoms with Crippen molar-refractivity contribution in [1.29, 1.82) is 0 Å². The number of halogens is 1. The molecule has 3 aromatic rings. The molecular weight excluding hydrogens is 336 g/mol. The van der Waals surface area contributed by atoms with E-state index in [9.17, 15) is 4.79 Å². The number of carbonyl (C=O) groups excluding carboxylic acids is 1. The van der Waals surface area contributed by atoms with Crippen LogP contribution in [0, 0.1) is 6.92 Å². The van der Waals surface area contributed by atoms with Crippen molar-refractivity contribution < 1.29 is 13.6 Å². The van der Waals surface area contributed by atoms with Crippen LogP contribution in [0.2, 0.25) is 5.02 Å². The number of thioether (sulfide) groups is 1. The van der Waals surface area contributed by atoms with Crippen molar-refractivity contribution in [2.75, 3.05) is 0 Å². The van der Waals surface area contributed by atoms with Crippen LogP contribution >= 0.6 is 23.4 Å². The van der Waals surface area contributed by atoms with E-state index in [-0.39, 0.29) is 11.0 Å². The molecule has 2 aromatic heterocycles. The van der Waals surface area contributed by atoms with Crippen LogP contribution in [0.15, 0.2) is 50.7 Å². The molecule has 5 nitrogen and oxygen atoms in total. The summed E-state index contributed by atoms with van der Waals surface area (Å²) >= 11 is 7.05. The Kier molecular flexibility index (Phi) is 4.54. The third-order valence-electron chi connectivity index (χ3n) is 3.27.